The van der Waals surface area contributed by atoms with E-state index in [1.807, 2.05) is 36.8 Å². The van der Waals surface area contributed by atoms with Gasteiger partial charge in [-0.25, -0.2) is 0 Å². The molecule has 0 atom stereocenters. The van der Waals surface area contributed by atoms with Crippen LogP contribution in [0.25, 0.3) is 0 Å². The zero-order valence-corrected chi connectivity index (χ0v) is 28.8. The second-order valence-electron chi connectivity index (χ2n) is 3.34. The second-order valence-corrected chi connectivity index (χ2v) is 22.4. The maximum absolute atomic E-state index is 6.25. The summed E-state index contributed by atoms with van der Waals surface area (Å²) in [7, 11) is 0. The van der Waals surface area contributed by atoms with Crippen LogP contribution < -0.4 is 0 Å². The van der Waals surface area contributed by atoms with Crippen LogP contribution >= 0.6 is 0 Å². The van der Waals surface area contributed by atoms with Gasteiger partial charge in [0, 0.05) is 0 Å². The molecular formula is C24H27FeN6Sn3. The Morgan fingerprint density at radius 1 is 0.294 bits per heavy atom. The summed E-state index contributed by atoms with van der Waals surface area (Å²) in [6.07, 6.45) is 0. The molecule has 10 heteroatoms. The molecular weight excluding hydrogens is 784 g/mol. The Kier molecular flexibility index (Phi) is 206. The monoisotopic (exact) mass is 815 g/mol. The molecule has 0 aromatic heterocycles. The average molecular weight is 811 g/mol. The number of rotatable bonds is 9. The molecule has 0 aliphatic carbocycles. The first-order chi connectivity index (χ1) is 16.0. The van der Waals surface area contributed by atoms with Crippen LogP contribution in [-0.4, -0.2) is 59.3 Å². The van der Waals surface area contributed by atoms with Gasteiger partial charge in [0.05, 0.1) is 0 Å². The van der Waals surface area contributed by atoms with Crippen molar-refractivity contribution in [2.45, 2.75) is 0 Å². The van der Waals surface area contributed by atoms with Crippen molar-refractivity contribution in [2.75, 3.05) is 0 Å². The van der Waals surface area contributed by atoms with Gasteiger partial charge in [0.25, 0.3) is 0 Å². The number of hydrogen-bond acceptors (Lipinski definition) is 6. The third-order valence-corrected chi connectivity index (χ3v) is 14.2. The first kappa shape index (κ1) is 63.4. The number of nitrogens with zero attached hydrogens (tertiary/aromatic N) is 6. The van der Waals surface area contributed by atoms with Gasteiger partial charge >= 0.3 is 172 Å². The summed E-state index contributed by atoms with van der Waals surface area (Å²) in [6.45, 7) is 61.3. The van der Waals surface area contributed by atoms with Crippen LogP contribution in [0.5, 0.6) is 0 Å². The summed E-state index contributed by atoms with van der Waals surface area (Å²) in [5.41, 5.74) is 0. The molecule has 0 rings (SSSR count). The topological polar surface area (TPSA) is 143 Å². The van der Waals surface area contributed by atoms with Gasteiger partial charge in [0.1, 0.15) is 0 Å². The van der Waals surface area contributed by atoms with E-state index in [-0.39, 0.29) is 17.1 Å². The molecule has 6 nitrogen and oxygen atoms in total. The molecule has 0 aliphatic rings. The van der Waals surface area contributed by atoms with Gasteiger partial charge < -0.3 is 71.0 Å². The summed E-state index contributed by atoms with van der Waals surface area (Å²) < 4.78 is 17.9. The van der Waals surface area contributed by atoms with Gasteiger partial charge in [-0.2, -0.15) is 0 Å². The molecule has 0 aromatic rings. The van der Waals surface area contributed by atoms with Gasteiger partial charge in [-0.3, -0.25) is 0 Å². The van der Waals surface area contributed by atoms with Crippen LogP contribution in [0.3, 0.4) is 0 Å². The minimum absolute atomic E-state index is 0. The van der Waals surface area contributed by atoms with Crippen molar-refractivity contribution in [1.82, 2.24) is 0 Å². The standard InChI is InChI=1S/9C2H3.6CN.Fe.3Sn/c15*1-2;;;;/h9*1H,2H2;;;;;;;;;;/q;;;;;;;;;6*-1;+3;3*+1. The molecule has 1 radical (unpaired) electrons. The summed E-state index contributed by atoms with van der Waals surface area (Å²) in [6, 6.07) is 0. The van der Waals surface area contributed by atoms with Crippen LogP contribution in [0.4, 0.5) is 0 Å². The predicted molar refractivity (Wildman–Crippen MR) is 139 cm³/mol. The van der Waals surface area contributed by atoms with Crippen LogP contribution in [0.15, 0.2) is 96.0 Å². The van der Waals surface area contributed by atoms with Gasteiger partial charge in [0.2, 0.25) is 0 Å². The van der Waals surface area contributed by atoms with Crippen molar-refractivity contribution in [3.8, 4) is 0 Å². The Bertz CT molecular complexity index is 457. The normalized spacial score (nSPS) is 4.59. The molecule has 173 valence electrons. The zero-order valence-electron chi connectivity index (χ0n) is 19.1. The molecule has 0 N–H and O–H groups in total. The van der Waals surface area contributed by atoms with Crippen LogP contribution in [0.1, 0.15) is 0 Å². The third-order valence-electron chi connectivity index (χ3n) is 2.12. The van der Waals surface area contributed by atoms with E-state index in [2.05, 4.69) is 59.2 Å². The molecule has 0 bridgehead atoms. The first-order valence-corrected chi connectivity index (χ1v) is 22.4. The second kappa shape index (κ2) is 110. The van der Waals surface area contributed by atoms with E-state index >= 15 is 0 Å². The molecule has 0 aliphatic heterocycles. The Morgan fingerprint density at radius 2 is 0.353 bits per heavy atom. The molecule has 0 fully saturated rings. The quantitative estimate of drug-likeness (QED) is 0.221. The van der Waals surface area contributed by atoms with Crippen molar-refractivity contribution in [1.29, 1.82) is 31.6 Å². The molecule has 0 aromatic carbocycles. The maximum atomic E-state index is 6.25. The Morgan fingerprint density at radius 3 is 0.353 bits per heavy atom. The predicted octanol–water partition coefficient (Wildman–Crippen LogP) is 5.55. The molecule has 0 unspecified atom stereocenters. The van der Waals surface area contributed by atoms with Crippen molar-refractivity contribution < 1.29 is 17.1 Å². The molecule has 0 saturated heterocycles. The smallest absolute Gasteiger partial charge is 0.512 e. The Balaban J connectivity index is -0.0000000256. The Labute approximate surface area is 240 Å². The Hall–Kier alpha value is -2.48. The van der Waals surface area contributed by atoms with Crippen LogP contribution in [-0.2, 0) is 17.1 Å². The zero-order chi connectivity index (χ0) is 29.1. The van der Waals surface area contributed by atoms with Crippen LogP contribution in [0.2, 0.25) is 0 Å². The van der Waals surface area contributed by atoms with Crippen molar-refractivity contribution in [3.05, 3.63) is 135 Å². The molecule has 34 heavy (non-hydrogen) atoms. The number of hydrogen-bond donors (Lipinski definition) is 0. The average Bonchev–Trinajstić information content (AvgIpc) is 2.95. The van der Waals surface area contributed by atoms with Crippen molar-refractivity contribution in [2.24, 2.45) is 0 Å². The van der Waals surface area contributed by atoms with Gasteiger partial charge in [-0.15, -0.1) is 0 Å². The summed E-state index contributed by atoms with van der Waals surface area (Å²) in [5.74, 6) is 0. The van der Waals surface area contributed by atoms with Gasteiger partial charge in [0.15, 0.2) is 0 Å². The fourth-order valence-corrected chi connectivity index (χ4v) is 5.03. The maximum Gasteiger partial charge on any atom is 3.00 e. The SMILES string of the molecule is C=[CH][Sn+]([CH]=C)[CH]=C.C=[CH][Sn+]([CH]=C)[CH]=C.C=[CH][Sn+]([CH]=C)[CH]=C.[C-]#N.[C-]#N.[C-]#N.[C-]#N.[C-]#N.[C-]#N.[Fe+3]. The molecule has 0 heterocycles. The first-order valence-electron chi connectivity index (χ1n) is 7.61. The third kappa shape index (κ3) is 99.7. The summed E-state index contributed by atoms with van der Waals surface area (Å²) in [4.78, 5) is 0. The van der Waals surface area contributed by atoms with Crippen molar-refractivity contribution in [3.63, 3.8) is 0 Å². The molecule has 0 spiro atoms. The largest absolute Gasteiger partial charge is 3.00 e. The van der Waals surface area contributed by atoms with E-state index in [9.17, 15) is 0 Å². The minimum Gasteiger partial charge on any atom is -0.512 e. The molecule has 0 amide bonds. The van der Waals surface area contributed by atoms with Crippen LogP contribution in [0, 0.1) is 71.0 Å². The molecule has 0 saturated carbocycles. The van der Waals surface area contributed by atoms with E-state index in [4.69, 9.17) is 71.0 Å². The summed E-state index contributed by atoms with van der Waals surface area (Å²) >= 11 is -4.08. The van der Waals surface area contributed by atoms with E-state index in [0.29, 0.717) is 0 Å². The van der Waals surface area contributed by atoms with E-state index in [1.54, 1.807) is 0 Å². The fraction of sp³-hybridized carbons (Fsp3) is 0. The van der Waals surface area contributed by atoms with Gasteiger partial charge in [-0.1, -0.05) is 0 Å². The fourth-order valence-electron chi connectivity index (χ4n) is 0.750. The van der Waals surface area contributed by atoms with E-state index in [1.165, 1.54) is 0 Å². The summed E-state index contributed by atoms with van der Waals surface area (Å²) in [5, 5.41) is 37.5. The minimum atomic E-state index is -1.36. The van der Waals surface area contributed by atoms with Crippen molar-refractivity contribution >= 4 is 59.3 Å². The van der Waals surface area contributed by atoms with E-state index in [0.717, 1.165) is 0 Å². The van der Waals surface area contributed by atoms with Gasteiger partial charge in [-0.05, 0) is 0 Å². The van der Waals surface area contributed by atoms with E-state index < -0.39 is 59.3 Å².